The summed E-state index contributed by atoms with van der Waals surface area (Å²) in [6.45, 7) is 0. The van der Waals surface area contributed by atoms with Crippen molar-refractivity contribution in [1.29, 1.82) is 0 Å². The lowest BCUT2D eigenvalue weighted by Crippen LogP contribution is -2.51. The Morgan fingerprint density at radius 1 is 0.929 bits per heavy atom. The highest BCUT2D eigenvalue weighted by atomic mass is 16.5. The molecule has 1 aliphatic rings. The number of hydrazine groups is 1. The Labute approximate surface area is 240 Å². The van der Waals surface area contributed by atoms with Crippen molar-refractivity contribution in [3.8, 4) is 11.5 Å². The fourth-order valence-electron chi connectivity index (χ4n) is 4.06. The van der Waals surface area contributed by atoms with E-state index in [1.54, 1.807) is 36.4 Å². The molecule has 14 nitrogen and oxygen atoms in total. The van der Waals surface area contributed by atoms with Gasteiger partial charge in [-0.2, -0.15) is 0 Å². The second-order valence-corrected chi connectivity index (χ2v) is 9.70. The number of hydrogen-bond acceptors (Lipinski definition) is 8. The molecule has 1 fully saturated rings. The van der Waals surface area contributed by atoms with Crippen LogP contribution in [0, 0.1) is 5.41 Å². The van der Waals surface area contributed by atoms with Gasteiger partial charge in [-0.05, 0) is 49.1 Å². The van der Waals surface area contributed by atoms with E-state index in [1.165, 1.54) is 0 Å². The number of urea groups is 1. The summed E-state index contributed by atoms with van der Waals surface area (Å²) in [5.74, 6) is -3.02. The predicted octanol–water partition coefficient (Wildman–Crippen LogP) is 0.494. The third-order valence-electron chi connectivity index (χ3n) is 6.43. The van der Waals surface area contributed by atoms with E-state index in [0.29, 0.717) is 17.1 Å². The van der Waals surface area contributed by atoms with Crippen molar-refractivity contribution in [2.45, 2.75) is 50.6 Å². The van der Waals surface area contributed by atoms with Crippen LogP contribution in [0.4, 0.5) is 4.79 Å². The Kier molecular flexibility index (Phi) is 10.7. The first-order valence-corrected chi connectivity index (χ1v) is 13.0. The molecule has 0 saturated heterocycles. The zero-order valence-corrected chi connectivity index (χ0v) is 22.5. The van der Waals surface area contributed by atoms with Crippen molar-refractivity contribution in [2.75, 3.05) is 0 Å². The number of hydrogen-bond donors (Lipinski definition) is 6. The first kappa shape index (κ1) is 31.3. The number of nitrogens with one attached hydrogen (secondary N) is 4. The van der Waals surface area contributed by atoms with Gasteiger partial charge < -0.3 is 31.0 Å². The number of carboxylic acid groups (broad SMARTS) is 1. The van der Waals surface area contributed by atoms with Crippen molar-refractivity contribution in [3.63, 3.8) is 0 Å². The SMILES string of the molecule is NC(=O)NNC(=O)CCC(NC(=O)C1(C(=O)NC(C=O)CC(=O)O)CC1)C(=O)Cc1cccc(Oc2ccccc2)c1. The van der Waals surface area contributed by atoms with Crippen LogP contribution in [0.3, 0.4) is 0 Å². The minimum atomic E-state index is -1.59. The monoisotopic (exact) mass is 581 g/mol. The minimum absolute atomic E-state index is 0.117. The summed E-state index contributed by atoms with van der Waals surface area (Å²) in [5.41, 5.74) is 7.90. The molecular weight excluding hydrogens is 550 g/mol. The lowest BCUT2D eigenvalue weighted by atomic mass is 9.97. The molecule has 42 heavy (non-hydrogen) atoms. The van der Waals surface area contributed by atoms with E-state index >= 15 is 0 Å². The lowest BCUT2D eigenvalue weighted by Gasteiger charge is -2.22. The normalized spacial score (nSPS) is 14.3. The van der Waals surface area contributed by atoms with Gasteiger partial charge in [0.1, 0.15) is 23.2 Å². The minimum Gasteiger partial charge on any atom is -0.481 e. The van der Waals surface area contributed by atoms with Gasteiger partial charge in [-0.25, -0.2) is 10.2 Å². The molecule has 0 heterocycles. The zero-order chi connectivity index (χ0) is 30.7. The van der Waals surface area contributed by atoms with Crippen LogP contribution in [0.1, 0.15) is 37.7 Å². The topological polar surface area (TPSA) is 223 Å². The molecular formula is C28H31N5O9. The summed E-state index contributed by atoms with van der Waals surface area (Å²) in [6.07, 6.45) is -0.776. The van der Waals surface area contributed by atoms with E-state index in [1.807, 2.05) is 23.6 Å². The van der Waals surface area contributed by atoms with Crippen molar-refractivity contribution in [1.82, 2.24) is 21.5 Å². The van der Waals surface area contributed by atoms with Crippen LogP contribution in [0.25, 0.3) is 0 Å². The van der Waals surface area contributed by atoms with E-state index in [-0.39, 0.29) is 38.4 Å². The second-order valence-electron chi connectivity index (χ2n) is 9.70. The zero-order valence-electron chi connectivity index (χ0n) is 22.5. The number of aldehydes is 1. The molecule has 0 radical (unpaired) electrons. The van der Waals surface area contributed by atoms with Gasteiger partial charge in [0.05, 0.1) is 18.5 Å². The Bertz CT molecular complexity index is 1340. The molecule has 0 bridgehead atoms. The van der Waals surface area contributed by atoms with Crippen LogP contribution >= 0.6 is 0 Å². The number of para-hydroxylation sites is 1. The van der Waals surface area contributed by atoms with E-state index in [4.69, 9.17) is 15.6 Å². The quantitative estimate of drug-likeness (QED) is 0.0977. The summed E-state index contributed by atoms with van der Waals surface area (Å²) < 4.78 is 5.81. The number of amides is 5. The molecule has 5 amide bonds. The lowest BCUT2D eigenvalue weighted by molar-refractivity contribution is -0.141. The Morgan fingerprint density at radius 3 is 2.21 bits per heavy atom. The third-order valence-corrected chi connectivity index (χ3v) is 6.43. The molecule has 2 aromatic carbocycles. The molecule has 3 rings (SSSR count). The molecule has 0 aromatic heterocycles. The molecule has 2 aromatic rings. The number of primary amides is 1. The van der Waals surface area contributed by atoms with Gasteiger partial charge in [0, 0.05) is 12.8 Å². The molecule has 1 saturated carbocycles. The van der Waals surface area contributed by atoms with Crippen molar-refractivity contribution >= 4 is 41.8 Å². The predicted molar refractivity (Wildman–Crippen MR) is 146 cm³/mol. The highest BCUT2D eigenvalue weighted by Crippen LogP contribution is 2.46. The molecule has 1 aliphatic carbocycles. The Morgan fingerprint density at radius 2 is 1.60 bits per heavy atom. The Balaban J connectivity index is 1.72. The summed E-state index contributed by atoms with van der Waals surface area (Å²) in [7, 11) is 0. The number of Topliss-reactive ketones (excluding diaryl/α,β-unsaturated/α-hetero) is 1. The summed E-state index contributed by atoms with van der Waals surface area (Å²) in [5, 5.41) is 13.7. The highest BCUT2D eigenvalue weighted by molar-refractivity contribution is 6.09. The van der Waals surface area contributed by atoms with Crippen LogP contribution in [-0.4, -0.2) is 59.0 Å². The van der Waals surface area contributed by atoms with Gasteiger partial charge in [0.25, 0.3) is 0 Å². The van der Waals surface area contributed by atoms with Gasteiger partial charge in [0.15, 0.2) is 5.78 Å². The van der Waals surface area contributed by atoms with Gasteiger partial charge >= 0.3 is 12.0 Å². The van der Waals surface area contributed by atoms with Crippen LogP contribution < -0.4 is 32.0 Å². The maximum absolute atomic E-state index is 13.4. The number of carbonyl (C=O) groups is 7. The number of carbonyl (C=O) groups excluding carboxylic acids is 6. The molecule has 0 aliphatic heterocycles. The molecule has 0 spiro atoms. The highest BCUT2D eigenvalue weighted by Gasteiger charge is 2.57. The third kappa shape index (κ3) is 9.15. The van der Waals surface area contributed by atoms with E-state index < -0.39 is 59.4 Å². The largest absolute Gasteiger partial charge is 0.481 e. The first-order valence-electron chi connectivity index (χ1n) is 13.0. The van der Waals surface area contributed by atoms with Crippen molar-refractivity contribution in [2.24, 2.45) is 11.1 Å². The second kappa shape index (κ2) is 14.4. The fraction of sp³-hybridized carbons (Fsp3) is 0.321. The summed E-state index contributed by atoms with van der Waals surface area (Å²) in [6, 6.07) is 12.2. The number of carboxylic acids is 1. The molecule has 7 N–H and O–H groups in total. The van der Waals surface area contributed by atoms with E-state index in [9.17, 15) is 33.6 Å². The standard InChI is InChI=1S/C28H31N5O9/c29-27(41)33-32-23(36)10-9-21(31-26(40)28(11-12-28)25(39)30-18(16-34)15-24(37)38)22(35)14-17-5-4-8-20(13-17)42-19-6-2-1-3-7-19/h1-8,13,16,18,21H,9-12,14-15H2,(H,30,39)(H,31,40)(H,32,36)(H,37,38)(H3,29,33,41). The first-order chi connectivity index (χ1) is 20.0. The summed E-state index contributed by atoms with van der Waals surface area (Å²) >= 11 is 0. The van der Waals surface area contributed by atoms with Gasteiger partial charge in [-0.15, -0.1) is 0 Å². The van der Waals surface area contributed by atoms with Crippen LogP contribution in [0.15, 0.2) is 54.6 Å². The number of rotatable bonds is 15. The smallest absolute Gasteiger partial charge is 0.330 e. The molecule has 2 unspecified atom stereocenters. The van der Waals surface area contributed by atoms with E-state index in [2.05, 4.69) is 16.1 Å². The van der Waals surface area contributed by atoms with Gasteiger partial charge in [-0.3, -0.25) is 29.4 Å². The average molecular weight is 582 g/mol. The fourth-order valence-corrected chi connectivity index (χ4v) is 4.06. The molecule has 222 valence electrons. The average Bonchev–Trinajstić information content (AvgIpc) is 3.76. The van der Waals surface area contributed by atoms with Crippen molar-refractivity contribution < 1.29 is 43.4 Å². The maximum Gasteiger partial charge on any atom is 0.330 e. The number of benzene rings is 2. The summed E-state index contributed by atoms with van der Waals surface area (Å²) in [4.78, 5) is 84.6. The van der Waals surface area contributed by atoms with Crippen LogP contribution in [0.2, 0.25) is 0 Å². The maximum atomic E-state index is 13.4. The van der Waals surface area contributed by atoms with Crippen molar-refractivity contribution in [3.05, 3.63) is 60.2 Å². The number of ketones is 1. The van der Waals surface area contributed by atoms with Crippen LogP contribution in [0.5, 0.6) is 11.5 Å². The number of ether oxygens (including phenoxy) is 1. The van der Waals surface area contributed by atoms with E-state index in [0.717, 1.165) is 0 Å². The van der Waals surface area contributed by atoms with Gasteiger partial charge in [0.2, 0.25) is 17.7 Å². The number of nitrogens with two attached hydrogens (primary N) is 1. The van der Waals surface area contributed by atoms with Crippen LogP contribution in [-0.2, 0) is 35.2 Å². The number of aliphatic carboxylic acids is 1. The van der Waals surface area contributed by atoms with Gasteiger partial charge in [-0.1, -0.05) is 30.3 Å². The molecule has 2 atom stereocenters. The molecule has 14 heteroatoms. The Hall–Kier alpha value is -5.27.